The summed E-state index contributed by atoms with van der Waals surface area (Å²) in [5, 5.41) is 0. The van der Waals surface area contributed by atoms with Gasteiger partial charge in [0.1, 0.15) is 0 Å². The van der Waals surface area contributed by atoms with Crippen LogP contribution in [0.1, 0.15) is 64.7 Å². The molecule has 0 N–H and O–H groups in total. The summed E-state index contributed by atoms with van der Waals surface area (Å²) < 4.78 is 39.5. The standard InChI is InChI=1S/C21H28O5S.Na/c1-3-20-11-9-17-16-8-6-15(22)13-14(16)5-7-18(17)19(20)10-12-21(20,4-2)26-27(23,24)25;/h2,13,16-19H,3,5-12H2,1H3,(H,23,24,25);/q;+1/p-1/t16-,17+,18+,19-,20-,21-;/m0./s1. The van der Waals surface area contributed by atoms with Crippen molar-refractivity contribution in [3.63, 3.8) is 0 Å². The molecule has 0 amide bonds. The van der Waals surface area contributed by atoms with Crippen LogP contribution >= 0.6 is 0 Å². The number of hydrogen-bond acceptors (Lipinski definition) is 5. The number of carbonyl (C=O) groups is 1. The van der Waals surface area contributed by atoms with Gasteiger partial charge in [0.05, 0.1) is 0 Å². The molecule has 0 aromatic carbocycles. The van der Waals surface area contributed by atoms with Crippen molar-refractivity contribution in [3.8, 4) is 12.3 Å². The predicted octanol–water partition coefficient (Wildman–Crippen LogP) is 0.371. The van der Waals surface area contributed by atoms with E-state index in [0.717, 1.165) is 38.5 Å². The van der Waals surface area contributed by atoms with Crippen molar-refractivity contribution in [1.82, 2.24) is 0 Å². The first-order valence-corrected chi connectivity index (χ1v) is 11.5. The van der Waals surface area contributed by atoms with Crippen LogP contribution in [0.15, 0.2) is 11.6 Å². The van der Waals surface area contributed by atoms with E-state index in [1.165, 1.54) is 5.57 Å². The SMILES string of the molecule is C#C[C@]1(OS(=O)(=O)[O-])CC[C@H]2[C@@H]3CCC4=CC(=O)CC[C@@H]4[C@H]3CC[C@@]21CC.[Na+]. The second-order valence-electron chi connectivity index (χ2n) is 8.85. The van der Waals surface area contributed by atoms with Crippen molar-refractivity contribution in [3.05, 3.63) is 11.6 Å². The molecule has 0 bridgehead atoms. The summed E-state index contributed by atoms with van der Waals surface area (Å²) in [6.45, 7) is 2.04. The van der Waals surface area contributed by atoms with Gasteiger partial charge in [0.2, 0.25) is 10.4 Å². The third-order valence-corrected chi connectivity index (χ3v) is 8.72. The number of rotatable bonds is 3. The smallest absolute Gasteiger partial charge is 0.725 e. The van der Waals surface area contributed by atoms with Gasteiger partial charge < -0.3 is 4.55 Å². The molecule has 4 rings (SSSR count). The maximum absolute atomic E-state index is 11.8. The summed E-state index contributed by atoms with van der Waals surface area (Å²) in [5.74, 6) is 4.61. The van der Waals surface area contributed by atoms with Crippen LogP contribution in [0.5, 0.6) is 0 Å². The minimum absolute atomic E-state index is 0. The normalized spacial score (nSPS) is 42.3. The molecule has 5 nitrogen and oxygen atoms in total. The Morgan fingerprint density at radius 1 is 1.21 bits per heavy atom. The molecule has 28 heavy (non-hydrogen) atoms. The number of terminal acetylenes is 1. The van der Waals surface area contributed by atoms with E-state index in [1.807, 2.05) is 13.0 Å². The molecule has 3 fully saturated rings. The summed E-state index contributed by atoms with van der Waals surface area (Å²) in [6, 6.07) is 0. The van der Waals surface area contributed by atoms with Crippen LogP contribution in [0.25, 0.3) is 0 Å². The number of ketones is 1. The van der Waals surface area contributed by atoms with Gasteiger partial charge in [-0.1, -0.05) is 18.4 Å². The van der Waals surface area contributed by atoms with Crippen molar-refractivity contribution in [2.75, 3.05) is 0 Å². The van der Waals surface area contributed by atoms with E-state index in [4.69, 9.17) is 10.6 Å². The monoisotopic (exact) mass is 414 g/mol. The molecule has 0 saturated heterocycles. The van der Waals surface area contributed by atoms with E-state index in [1.54, 1.807) is 0 Å². The van der Waals surface area contributed by atoms with Gasteiger partial charge in [0, 0.05) is 11.8 Å². The van der Waals surface area contributed by atoms with Crippen molar-refractivity contribution < 1.29 is 51.5 Å². The predicted molar refractivity (Wildman–Crippen MR) is 99.1 cm³/mol. The van der Waals surface area contributed by atoms with Crippen LogP contribution in [0.2, 0.25) is 0 Å². The van der Waals surface area contributed by atoms with Crippen LogP contribution in [0.3, 0.4) is 0 Å². The largest absolute Gasteiger partial charge is 1.00 e. The average Bonchev–Trinajstić information content (AvgIpc) is 2.94. The molecular weight excluding hydrogens is 387 g/mol. The van der Waals surface area contributed by atoms with Crippen molar-refractivity contribution in [2.24, 2.45) is 29.1 Å². The molecule has 0 aromatic rings. The average molecular weight is 414 g/mol. The molecule has 0 radical (unpaired) electrons. The van der Waals surface area contributed by atoms with Crippen LogP contribution < -0.4 is 29.6 Å². The van der Waals surface area contributed by atoms with Gasteiger partial charge in [-0.15, -0.1) is 6.42 Å². The van der Waals surface area contributed by atoms with Gasteiger partial charge in [0.25, 0.3) is 0 Å². The first kappa shape index (κ1) is 22.5. The van der Waals surface area contributed by atoms with E-state index in [9.17, 15) is 17.8 Å². The van der Waals surface area contributed by atoms with Gasteiger partial charge in [-0.3, -0.25) is 8.98 Å². The Morgan fingerprint density at radius 2 is 1.96 bits per heavy atom. The molecule has 7 heteroatoms. The Hall–Kier alpha value is -0.160. The summed E-state index contributed by atoms with van der Waals surface area (Å²) in [4.78, 5) is 11.8. The molecule has 4 aliphatic carbocycles. The van der Waals surface area contributed by atoms with Gasteiger partial charge in [0.15, 0.2) is 11.4 Å². The molecule has 0 aliphatic heterocycles. The van der Waals surface area contributed by atoms with Crippen LogP contribution in [-0.4, -0.2) is 24.4 Å². The third kappa shape index (κ3) is 3.36. The van der Waals surface area contributed by atoms with E-state index < -0.39 is 21.4 Å². The number of hydrogen-bond donors (Lipinski definition) is 0. The summed E-state index contributed by atoms with van der Waals surface area (Å²) in [7, 11) is -4.87. The van der Waals surface area contributed by atoms with E-state index in [2.05, 4.69) is 5.92 Å². The first-order valence-electron chi connectivity index (χ1n) is 10.1. The minimum Gasteiger partial charge on any atom is -0.725 e. The van der Waals surface area contributed by atoms with Gasteiger partial charge in [-0.25, -0.2) is 8.42 Å². The molecule has 148 valence electrons. The summed E-state index contributed by atoms with van der Waals surface area (Å²) in [6.07, 6.45) is 14.9. The van der Waals surface area contributed by atoms with Crippen molar-refractivity contribution in [1.29, 1.82) is 0 Å². The summed E-state index contributed by atoms with van der Waals surface area (Å²) in [5.41, 5.74) is -0.445. The Kier molecular flexibility index (Phi) is 6.30. The first-order chi connectivity index (χ1) is 12.8. The Labute approximate surface area is 190 Å². The quantitative estimate of drug-likeness (QED) is 0.288. The second-order valence-corrected chi connectivity index (χ2v) is 9.84. The van der Waals surface area contributed by atoms with Crippen LogP contribution in [-0.2, 0) is 19.4 Å². The van der Waals surface area contributed by atoms with Crippen molar-refractivity contribution >= 4 is 16.2 Å². The molecule has 3 saturated carbocycles. The van der Waals surface area contributed by atoms with Gasteiger partial charge in [-0.05, 0) is 81.1 Å². The van der Waals surface area contributed by atoms with Gasteiger partial charge in [-0.2, -0.15) is 0 Å². The zero-order chi connectivity index (χ0) is 19.4. The van der Waals surface area contributed by atoms with Crippen molar-refractivity contribution in [2.45, 2.75) is 70.3 Å². The van der Waals surface area contributed by atoms with Crippen LogP contribution in [0.4, 0.5) is 0 Å². The number of carbonyl (C=O) groups excluding carboxylic acids is 1. The van der Waals surface area contributed by atoms with Crippen LogP contribution in [0, 0.1) is 41.4 Å². The molecule has 0 spiro atoms. The molecule has 6 atom stereocenters. The van der Waals surface area contributed by atoms with E-state index >= 15 is 0 Å². The number of allylic oxidation sites excluding steroid dienone is 1. The maximum atomic E-state index is 11.8. The third-order valence-electron chi connectivity index (χ3n) is 8.23. The fourth-order valence-corrected chi connectivity index (χ4v) is 7.90. The molecule has 4 aliphatic rings. The Morgan fingerprint density at radius 3 is 2.61 bits per heavy atom. The molecule has 0 heterocycles. The minimum atomic E-state index is -4.87. The number of fused-ring (bicyclic) bond motifs is 5. The fourth-order valence-electron chi connectivity index (χ4n) is 7.26. The molecule has 0 unspecified atom stereocenters. The maximum Gasteiger partial charge on any atom is 1.00 e. The fraction of sp³-hybridized carbons (Fsp3) is 0.762. The summed E-state index contributed by atoms with van der Waals surface area (Å²) >= 11 is 0. The molecule has 0 aromatic heterocycles. The van der Waals surface area contributed by atoms with E-state index in [-0.39, 0.29) is 41.3 Å². The van der Waals surface area contributed by atoms with E-state index in [0.29, 0.717) is 37.0 Å². The molecular formula is C21H27NaO5S. The van der Waals surface area contributed by atoms with Gasteiger partial charge >= 0.3 is 29.6 Å². The Bertz CT molecular complexity index is 828. The zero-order valence-corrected chi connectivity index (χ0v) is 19.6. The Balaban J connectivity index is 0.00000225. The zero-order valence-electron chi connectivity index (χ0n) is 16.8. The second kappa shape index (κ2) is 7.83. The topological polar surface area (TPSA) is 83.5 Å².